The molecule has 0 atom stereocenters. The summed E-state index contributed by atoms with van der Waals surface area (Å²) in [6.45, 7) is 4.43. The number of aryl methyl sites for hydroxylation is 1. The number of H-pyrrole nitrogens is 1. The van der Waals surface area contributed by atoms with Gasteiger partial charge in [-0.25, -0.2) is 9.78 Å². The number of anilines is 2. The molecule has 186 valence electrons. The van der Waals surface area contributed by atoms with Gasteiger partial charge in [0.15, 0.2) is 10.8 Å². The molecule has 2 heterocycles. The monoisotopic (exact) mass is 496 g/mol. The number of rotatable bonds is 9. The number of thioether (sulfide) groups is 1. The van der Waals surface area contributed by atoms with Gasteiger partial charge < -0.3 is 10.6 Å². The average Bonchev–Trinajstić information content (AvgIpc) is 3.52. The Kier molecular flexibility index (Phi) is 7.80. The molecule has 2 aromatic heterocycles. The van der Waals surface area contributed by atoms with Crippen molar-refractivity contribution in [3.8, 4) is 5.69 Å². The minimum Gasteiger partial charge on any atom is -0.383 e. The van der Waals surface area contributed by atoms with E-state index in [1.54, 1.807) is 6.20 Å². The fourth-order valence-electron chi connectivity index (χ4n) is 4.63. The Morgan fingerprint density at radius 3 is 2.71 bits per heavy atom. The molecule has 0 spiro atoms. The molecule has 0 aliphatic heterocycles. The normalized spacial score (nSPS) is 13.9. The van der Waals surface area contributed by atoms with Crippen molar-refractivity contribution >= 4 is 29.2 Å². The predicted molar refractivity (Wildman–Crippen MR) is 139 cm³/mol. The van der Waals surface area contributed by atoms with Crippen LogP contribution >= 0.6 is 11.8 Å². The van der Waals surface area contributed by atoms with E-state index < -0.39 is 11.2 Å². The number of hydrogen-bond acceptors (Lipinski definition) is 6. The molecule has 0 saturated heterocycles. The van der Waals surface area contributed by atoms with Gasteiger partial charge in [0.2, 0.25) is 5.91 Å². The lowest BCUT2D eigenvalue weighted by molar-refractivity contribution is -0.116. The zero-order valence-corrected chi connectivity index (χ0v) is 21.0. The number of amides is 1. The van der Waals surface area contributed by atoms with E-state index in [4.69, 9.17) is 5.73 Å². The van der Waals surface area contributed by atoms with E-state index in [0.29, 0.717) is 11.7 Å². The van der Waals surface area contributed by atoms with Crippen LogP contribution in [-0.4, -0.2) is 36.8 Å². The quantitative estimate of drug-likeness (QED) is 0.438. The topological polar surface area (TPSA) is 119 Å². The molecule has 35 heavy (non-hydrogen) atoms. The third-order valence-electron chi connectivity index (χ3n) is 6.46. The Morgan fingerprint density at radius 1 is 1.26 bits per heavy atom. The first-order chi connectivity index (χ1) is 16.9. The third kappa shape index (κ3) is 5.22. The summed E-state index contributed by atoms with van der Waals surface area (Å²) in [4.78, 5) is 47.3. The van der Waals surface area contributed by atoms with Crippen LogP contribution in [0.4, 0.5) is 11.5 Å². The van der Waals surface area contributed by atoms with Gasteiger partial charge in [-0.15, -0.1) is 0 Å². The zero-order valence-electron chi connectivity index (χ0n) is 20.2. The number of nitrogens with one attached hydrogen (secondary N) is 1. The molecule has 1 fully saturated rings. The number of hydrogen-bond donors (Lipinski definition) is 2. The second-order valence-electron chi connectivity index (χ2n) is 8.86. The van der Waals surface area contributed by atoms with Crippen molar-refractivity contribution in [1.82, 2.24) is 19.1 Å². The Morgan fingerprint density at radius 2 is 2.00 bits per heavy atom. The maximum absolute atomic E-state index is 13.6. The molecular formula is C25H32N6O3S. The van der Waals surface area contributed by atoms with Gasteiger partial charge >= 0.3 is 5.69 Å². The lowest BCUT2D eigenvalue weighted by Crippen LogP contribution is -2.46. The van der Waals surface area contributed by atoms with E-state index in [-0.39, 0.29) is 29.2 Å². The van der Waals surface area contributed by atoms with Crippen molar-refractivity contribution in [1.29, 1.82) is 0 Å². The van der Waals surface area contributed by atoms with Crippen molar-refractivity contribution in [3.05, 3.63) is 63.1 Å². The number of nitrogen functional groups attached to an aromatic ring is 1. The van der Waals surface area contributed by atoms with Crippen LogP contribution in [0.1, 0.15) is 51.0 Å². The van der Waals surface area contributed by atoms with Crippen LogP contribution in [0.5, 0.6) is 0 Å². The Bertz CT molecular complexity index is 1310. The van der Waals surface area contributed by atoms with Gasteiger partial charge in [-0.1, -0.05) is 56.1 Å². The number of aromatic nitrogens is 4. The molecule has 9 nitrogen and oxygen atoms in total. The maximum atomic E-state index is 13.6. The third-order valence-corrected chi connectivity index (χ3v) is 7.41. The van der Waals surface area contributed by atoms with Crippen molar-refractivity contribution in [2.45, 2.75) is 70.1 Å². The fraction of sp³-hybridized carbons (Fsp3) is 0.440. The van der Waals surface area contributed by atoms with Gasteiger partial charge in [0.25, 0.3) is 5.56 Å². The molecule has 0 radical (unpaired) electrons. The Balaban J connectivity index is 1.64. The smallest absolute Gasteiger partial charge is 0.330 e. The Labute approximate surface area is 208 Å². The van der Waals surface area contributed by atoms with E-state index in [0.717, 1.165) is 49.8 Å². The molecule has 1 aliphatic rings. The van der Waals surface area contributed by atoms with Crippen LogP contribution < -0.4 is 21.9 Å². The number of carbonyl (C=O) groups is 1. The van der Waals surface area contributed by atoms with Gasteiger partial charge in [-0.3, -0.25) is 23.7 Å². The molecule has 1 saturated carbocycles. The number of carbonyl (C=O) groups excluding carboxylic acids is 1. The van der Waals surface area contributed by atoms with Gasteiger partial charge in [-0.05, 0) is 37.8 Å². The highest BCUT2D eigenvalue weighted by molar-refractivity contribution is 7.99. The summed E-state index contributed by atoms with van der Waals surface area (Å²) in [5.74, 6) is -0.0789. The summed E-state index contributed by atoms with van der Waals surface area (Å²) in [7, 11) is 0. The maximum Gasteiger partial charge on any atom is 0.330 e. The number of unbranched alkanes of at least 4 members (excludes halogenated alkanes) is 1. The van der Waals surface area contributed by atoms with Gasteiger partial charge in [0.1, 0.15) is 5.82 Å². The van der Waals surface area contributed by atoms with Crippen molar-refractivity contribution in [2.75, 3.05) is 16.4 Å². The largest absolute Gasteiger partial charge is 0.383 e. The first-order valence-corrected chi connectivity index (χ1v) is 13.1. The van der Waals surface area contributed by atoms with Crippen LogP contribution in [0.3, 0.4) is 0 Å². The van der Waals surface area contributed by atoms with Crippen LogP contribution in [0.2, 0.25) is 0 Å². The first-order valence-electron chi connectivity index (χ1n) is 12.1. The second kappa shape index (κ2) is 11.0. The summed E-state index contributed by atoms with van der Waals surface area (Å²) in [5, 5.41) is 0.689. The highest BCUT2D eigenvalue weighted by Crippen LogP contribution is 2.31. The highest BCUT2D eigenvalue weighted by Gasteiger charge is 2.32. The number of nitrogens with zero attached hydrogens (tertiary/aromatic N) is 4. The van der Waals surface area contributed by atoms with Crippen LogP contribution in [0.15, 0.2) is 51.4 Å². The number of aromatic amines is 1. The molecule has 1 amide bonds. The lowest BCUT2D eigenvalue weighted by atomic mass is 10.2. The van der Waals surface area contributed by atoms with Crippen molar-refractivity contribution in [2.24, 2.45) is 0 Å². The molecule has 3 N–H and O–H groups in total. The molecule has 0 bridgehead atoms. The average molecular weight is 497 g/mol. The summed E-state index contributed by atoms with van der Waals surface area (Å²) < 4.78 is 3.33. The van der Waals surface area contributed by atoms with Crippen LogP contribution in [0.25, 0.3) is 5.69 Å². The van der Waals surface area contributed by atoms with Gasteiger partial charge in [-0.2, -0.15) is 0 Å². The Hall–Kier alpha value is -3.27. The number of nitrogens with two attached hydrogens (primary N) is 1. The molecule has 1 aromatic carbocycles. The van der Waals surface area contributed by atoms with E-state index in [1.807, 2.05) is 48.9 Å². The zero-order chi connectivity index (χ0) is 24.9. The standard InChI is InChI=1S/C25H32N6O3S/c1-3-4-14-30-22(26)21(23(33)28-24(30)34)31(18-10-6-7-11-18)20(32)16-35-25-27-13-15-29(25)19-12-8-5-9-17(19)2/h5,8-9,12-13,15,18H,3-4,6-7,10-11,14,16,26H2,1-2H3,(H,28,33,34). The predicted octanol–water partition coefficient (Wildman–Crippen LogP) is 3.48. The number of para-hydroxylation sites is 1. The molecule has 1 aliphatic carbocycles. The van der Waals surface area contributed by atoms with Gasteiger partial charge in [0, 0.05) is 25.0 Å². The summed E-state index contributed by atoms with van der Waals surface area (Å²) in [6.07, 6.45) is 8.73. The fourth-order valence-corrected chi connectivity index (χ4v) is 5.46. The van der Waals surface area contributed by atoms with Gasteiger partial charge in [0.05, 0.1) is 11.4 Å². The summed E-state index contributed by atoms with van der Waals surface area (Å²) in [5.41, 5.74) is 7.38. The number of imidazole rings is 1. The minimum atomic E-state index is -0.619. The van der Waals surface area contributed by atoms with E-state index in [9.17, 15) is 14.4 Å². The SMILES string of the molecule is CCCCn1c(N)c(N(C(=O)CSc2nccn2-c2ccccc2C)C2CCCC2)c(=O)[nH]c1=O. The summed E-state index contributed by atoms with van der Waals surface area (Å²) >= 11 is 1.32. The van der Waals surface area contributed by atoms with Crippen LogP contribution in [-0.2, 0) is 11.3 Å². The molecule has 10 heteroatoms. The number of benzene rings is 1. The minimum absolute atomic E-state index is 0.0545. The highest BCUT2D eigenvalue weighted by atomic mass is 32.2. The molecular weight excluding hydrogens is 464 g/mol. The van der Waals surface area contributed by atoms with E-state index >= 15 is 0 Å². The first kappa shape index (κ1) is 24.8. The van der Waals surface area contributed by atoms with E-state index in [2.05, 4.69) is 9.97 Å². The molecule has 4 rings (SSSR count). The van der Waals surface area contributed by atoms with Crippen LogP contribution in [0, 0.1) is 6.92 Å². The summed E-state index contributed by atoms with van der Waals surface area (Å²) in [6, 6.07) is 7.85. The van der Waals surface area contributed by atoms with Crippen molar-refractivity contribution in [3.63, 3.8) is 0 Å². The molecule has 0 unspecified atom stereocenters. The van der Waals surface area contributed by atoms with E-state index in [1.165, 1.54) is 21.2 Å². The lowest BCUT2D eigenvalue weighted by Gasteiger charge is -2.30. The molecule has 3 aromatic rings. The second-order valence-corrected chi connectivity index (χ2v) is 9.80. The van der Waals surface area contributed by atoms with Crippen molar-refractivity contribution < 1.29 is 4.79 Å².